The maximum absolute atomic E-state index is 6.32. The lowest BCUT2D eigenvalue weighted by Gasteiger charge is -2.45. The van der Waals surface area contributed by atoms with E-state index in [1.807, 2.05) is 0 Å². The van der Waals surface area contributed by atoms with E-state index in [1.54, 1.807) is 6.07 Å². The van der Waals surface area contributed by atoms with Crippen molar-refractivity contribution in [2.45, 2.75) is 44.6 Å². The second kappa shape index (κ2) is 5.67. The van der Waals surface area contributed by atoms with Gasteiger partial charge in [0.15, 0.2) is 0 Å². The van der Waals surface area contributed by atoms with Crippen molar-refractivity contribution in [3.8, 4) is 0 Å². The van der Waals surface area contributed by atoms with Crippen LogP contribution in [0, 0.1) is 5.92 Å². The lowest BCUT2D eigenvalue weighted by atomic mass is 9.78. The zero-order chi connectivity index (χ0) is 13.4. The van der Waals surface area contributed by atoms with Crippen LogP contribution in [0.1, 0.15) is 38.5 Å². The predicted molar refractivity (Wildman–Crippen MR) is 81.6 cm³/mol. The molecule has 2 aliphatic rings. The maximum atomic E-state index is 6.32. The second-order valence-electron chi connectivity index (χ2n) is 5.51. The van der Waals surface area contributed by atoms with Gasteiger partial charge in [-0.25, -0.2) is 4.98 Å². The molecule has 104 valence electrons. The molecule has 2 heterocycles. The number of aromatic nitrogens is 1. The highest BCUT2D eigenvalue weighted by atomic mass is 35.5. The Morgan fingerprint density at radius 1 is 1.00 bits per heavy atom. The molecule has 2 nitrogen and oxygen atoms in total. The molecule has 0 spiro atoms. The molecule has 1 aromatic heterocycles. The van der Waals surface area contributed by atoms with E-state index in [0.717, 1.165) is 18.3 Å². The smallest absolute Gasteiger partial charge is 0.150 e. The third-order valence-electron chi connectivity index (χ3n) is 4.38. The van der Waals surface area contributed by atoms with Gasteiger partial charge in [-0.2, -0.15) is 0 Å². The first-order valence-corrected chi connectivity index (χ1v) is 8.08. The molecule has 0 unspecified atom stereocenters. The highest BCUT2D eigenvalue weighted by Crippen LogP contribution is 2.40. The number of nitrogens with zero attached hydrogens (tertiary/aromatic N) is 2. The third-order valence-corrected chi connectivity index (χ3v) is 5.33. The van der Waals surface area contributed by atoms with Crippen LogP contribution in [0.5, 0.6) is 0 Å². The number of rotatable bonds is 1. The van der Waals surface area contributed by atoms with Crippen LogP contribution in [0.25, 0.3) is 0 Å². The van der Waals surface area contributed by atoms with E-state index in [4.69, 9.17) is 34.8 Å². The summed E-state index contributed by atoms with van der Waals surface area (Å²) in [6.45, 7) is 1.02. The van der Waals surface area contributed by atoms with Gasteiger partial charge in [-0.05, 0) is 37.7 Å². The van der Waals surface area contributed by atoms with Crippen molar-refractivity contribution in [1.29, 1.82) is 0 Å². The molecule has 1 aliphatic carbocycles. The van der Waals surface area contributed by atoms with Crippen molar-refractivity contribution >= 4 is 40.6 Å². The highest BCUT2D eigenvalue weighted by molar-refractivity contribution is 6.42. The van der Waals surface area contributed by atoms with Gasteiger partial charge in [0, 0.05) is 12.6 Å². The Labute approximate surface area is 129 Å². The molecule has 0 N–H and O–H groups in total. The predicted octanol–water partition coefficient (Wildman–Crippen LogP) is 5.20. The Morgan fingerprint density at radius 2 is 1.74 bits per heavy atom. The van der Waals surface area contributed by atoms with Gasteiger partial charge in [0.2, 0.25) is 0 Å². The summed E-state index contributed by atoms with van der Waals surface area (Å²) in [7, 11) is 0. The van der Waals surface area contributed by atoms with E-state index in [0.29, 0.717) is 21.2 Å². The van der Waals surface area contributed by atoms with Crippen molar-refractivity contribution in [3.05, 3.63) is 21.3 Å². The van der Waals surface area contributed by atoms with E-state index < -0.39 is 0 Å². The molecule has 19 heavy (non-hydrogen) atoms. The molecule has 3 rings (SSSR count). The SMILES string of the molecule is Clc1cc(Cl)c(N2CCC[C@H]3CCCC[C@H]32)nc1Cl. The van der Waals surface area contributed by atoms with Gasteiger partial charge in [0.1, 0.15) is 11.0 Å². The Morgan fingerprint density at radius 3 is 2.58 bits per heavy atom. The summed E-state index contributed by atoms with van der Waals surface area (Å²) in [5, 5.41) is 1.38. The molecule has 2 fully saturated rings. The normalized spacial score (nSPS) is 27.2. The average Bonchev–Trinajstić information content (AvgIpc) is 2.42. The number of piperidine rings is 1. The minimum atomic E-state index is 0.346. The van der Waals surface area contributed by atoms with Gasteiger partial charge in [0.25, 0.3) is 0 Å². The van der Waals surface area contributed by atoms with Crippen molar-refractivity contribution in [2.24, 2.45) is 5.92 Å². The zero-order valence-electron chi connectivity index (χ0n) is 10.7. The van der Waals surface area contributed by atoms with E-state index in [1.165, 1.54) is 38.5 Å². The van der Waals surface area contributed by atoms with Gasteiger partial charge < -0.3 is 4.90 Å². The summed E-state index contributed by atoms with van der Waals surface area (Å²) in [6, 6.07) is 2.28. The van der Waals surface area contributed by atoms with Crippen LogP contribution < -0.4 is 4.90 Å². The van der Waals surface area contributed by atoms with E-state index in [9.17, 15) is 0 Å². The van der Waals surface area contributed by atoms with E-state index >= 15 is 0 Å². The Kier molecular flexibility index (Phi) is 4.11. The summed E-state index contributed by atoms with van der Waals surface area (Å²) in [5.41, 5.74) is 0. The molecule has 0 radical (unpaired) electrons. The van der Waals surface area contributed by atoms with Crippen molar-refractivity contribution < 1.29 is 0 Å². The van der Waals surface area contributed by atoms with Crippen LogP contribution in [-0.2, 0) is 0 Å². The van der Waals surface area contributed by atoms with Crippen molar-refractivity contribution in [1.82, 2.24) is 4.98 Å². The molecule has 5 heteroatoms. The molecular weight excluding hydrogens is 303 g/mol. The monoisotopic (exact) mass is 318 g/mol. The molecule has 0 amide bonds. The number of hydrogen-bond donors (Lipinski definition) is 0. The van der Waals surface area contributed by atoms with Crippen molar-refractivity contribution in [3.63, 3.8) is 0 Å². The summed E-state index contributed by atoms with van der Waals surface area (Å²) in [4.78, 5) is 6.77. The lowest BCUT2D eigenvalue weighted by Crippen LogP contribution is -2.47. The van der Waals surface area contributed by atoms with Gasteiger partial charge in [0.05, 0.1) is 10.0 Å². The zero-order valence-corrected chi connectivity index (χ0v) is 13.0. The maximum Gasteiger partial charge on any atom is 0.150 e. The summed E-state index contributed by atoms with van der Waals surface area (Å²) in [5.74, 6) is 1.60. The fourth-order valence-electron chi connectivity index (χ4n) is 3.52. The number of fused-ring (bicyclic) bond motifs is 1. The van der Waals surface area contributed by atoms with Crippen LogP contribution in [0.15, 0.2) is 6.07 Å². The number of halogens is 3. The highest BCUT2D eigenvalue weighted by Gasteiger charge is 2.34. The first-order valence-electron chi connectivity index (χ1n) is 6.95. The molecule has 1 aliphatic heterocycles. The standard InChI is InChI=1S/C14H17Cl3N2/c15-10-8-11(16)14(18-13(10)17)19-7-3-5-9-4-1-2-6-12(9)19/h8-9,12H,1-7H2/t9-,12-/m1/s1. The van der Waals surface area contributed by atoms with Gasteiger partial charge in [-0.1, -0.05) is 47.6 Å². The summed E-state index contributed by atoms with van der Waals surface area (Å²) < 4.78 is 0. The molecule has 1 aromatic rings. The lowest BCUT2D eigenvalue weighted by molar-refractivity contribution is 0.243. The second-order valence-corrected chi connectivity index (χ2v) is 6.69. The molecule has 0 bridgehead atoms. The van der Waals surface area contributed by atoms with Gasteiger partial charge >= 0.3 is 0 Å². The number of hydrogen-bond acceptors (Lipinski definition) is 2. The topological polar surface area (TPSA) is 16.1 Å². The van der Waals surface area contributed by atoms with Crippen LogP contribution >= 0.6 is 34.8 Å². The van der Waals surface area contributed by atoms with Crippen LogP contribution in [0.2, 0.25) is 15.2 Å². The van der Waals surface area contributed by atoms with E-state index in [-0.39, 0.29) is 0 Å². The number of pyridine rings is 1. The summed E-state index contributed by atoms with van der Waals surface area (Å²) >= 11 is 18.3. The van der Waals surface area contributed by atoms with Crippen LogP contribution in [0.3, 0.4) is 0 Å². The molecule has 0 aromatic carbocycles. The fraction of sp³-hybridized carbons (Fsp3) is 0.643. The van der Waals surface area contributed by atoms with Crippen LogP contribution in [-0.4, -0.2) is 17.6 Å². The van der Waals surface area contributed by atoms with Gasteiger partial charge in [-0.15, -0.1) is 0 Å². The first-order chi connectivity index (χ1) is 9.16. The Balaban J connectivity index is 1.93. The fourth-order valence-corrected chi connectivity index (χ4v) is 4.13. The quantitative estimate of drug-likeness (QED) is 0.661. The Bertz CT molecular complexity index is 476. The van der Waals surface area contributed by atoms with Gasteiger partial charge in [-0.3, -0.25) is 0 Å². The van der Waals surface area contributed by atoms with E-state index in [2.05, 4.69) is 9.88 Å². The van der Waals surface area contributed by atoms with Crippen molar-refractivity contribution in [2.75, 3.05) is 11.4 Å². The van der Waals surface area contributed by atoms with Crippen LogP contribution in [0.4, 0.5) is 5.82 Å². The largest absolute Gasteiger partial charge is 0.352 e. The summed E-state index contributed by atoms with van der Waals surface area (Å²) in [6.07, 6.45) is 7.77. The third kappa shape index (κ3) is 2.68. The average molecular weight is 320 g/mol. The molecule has 2 atom stereocenters. The minimum absolute atomic E-state index is 0.346. The molecule has 1 saturated heterocycles. The Hall–Kier alpha value is -0.180. The minimum Gasteiger partial charge on any atom is -0.352 e. The number of anilines is 1. The first kappa shape index (κ1) is 13.8. The molecule has 1 saturated carbocycles. The molecular formula is C14H17Cl3N2.